The molecular weight excluding hydrogens is 266 g/mol. The molecule has 0 fully saturated rings. The predicted molar refractivity (Wildman–Crippen MR) is 85.7 cm³/mol. The van der Waals surface area contributed by atoms with Crippen LogP contribution in [0.3, 0.4) is 0 Å². The van der Waals surface area contributed by atoms with Crippen LogP contribution in [0.1, 0.15) is 39.2 Å². The zero-order valence-electron chi connectivity index (χ0n) is 13.4. The second-order valence-electron chi connectivity index (χ2n) is 5.49. The lowest BCUT2D eigenvalue weighted by Crippen LogP contribution is -2.50. The number of ether oxygens (including phenoxy) is 1. The lowest BCUT2D eigenvalue weighted by molar-refractivity contribution is 0.0812. The van der Waals surface area contributed by atoms with Crippen molar-refractivity contribution in [1.82, 2.24) is 5.32 Å². The topological polar surface area (TPSA) is 61.7 Å². The highest BCUT2D eigenvalue weighted by molar-refractivity contribution is 5.27. The molecule has 120 valence electrons. The van der Waals surface area contributed by atoms with Gasteiger partial charge in [-0.05, 0) is 37.0 Å². The first-order chi connectivity index (χ1) is 10.1. The summed E-state index contributed by atoms with van der Waals surface area (Å²) in [7, 11) is 0. The molecule has 3 N–H and O–H groups in total. The number of β-amino-alcohol motifs (C(OH)–C–C–N with tert-alkyl or cyclic N) is 1. The van der Waals surface area contributed by atoms with Crippen molar-refractivity contribution >= 4 is 0 Å². The highest BCUT2D eigenvalue weighted by Crippen LogP contribution is 2.15. The summed E-state index contributed by atoms with van der Waals surface area (Å²) in [5.74, 6) is 0.769. The zero-order chi connectivity index (χ0) is 15.7. The number of rotatable bonds is 10. The summed E-state index contributed by atoms with van der Waals surface area (Å²) in [4.78, 5) is 0. The Bertz CT molecular complexity index is 379. The number of benzene rings is 1. The van der Waals surface area contributed by atoms with Crippen LogP contribution in [0.15, 0.2) is 24.3 Å². The second-order valence-corrected chi connectivity index (χ2v) is 5.49. The number of aliphatic hydroxyl groups excluding tert-OH is 2. The van der Waals surface area contributed by atoms with E-state index in [1.165, 1.54) is 5.56 Å². The molecule has 0 heterocycles. The van der Waals surface area contributed by atoms with Crippen molar-refractivity contribution in [3.05, 3.63) is 29.8 Å². The quantitative estimate of drug-likeness (QED) is 0.619. The largest absolute Gasteiger partial charge is 0.491 e. The van der Waals surface area contributed by atoms with E-state index in [-0.39, 0.29) is 18.8 Å². The van der Waals surface area contributed by atoms with Gasteiger partial charge in [-0.15, -0.1) is 0 Å². The van der Waals surface area contributed by atoms with Gasteiger partial charge in [0, 0.05) is 12.1 Å². The van der Waals surface area contributed by atoms with Gasteiger partial charge in [-0.25, -0.2) is 0 Å². The summed E-state index contributed by atoms with van der Waals surface area (Å²) in [6.07, 6.45) is 2.06. The number of aliphatic hydroxyl groups is 2. The first-order valence-corrected chi connectivity index (χ1v) is 7.84. The summed E-state index contributed by atoms with van der Waals surface area (Å²) in [6, 6.07) is 7.92. The van der Waals surface area contributed by atoms with Crippen LogP contribution < -0.4 is 10.1 Å². The molecule has 21 heavy (non-hydrogen) atoms. The van der Waals surface area contributed by atoms with Gasteiger partial charge in [0.25, 0.3) is 0 Å². The summed E-state index contributed by atoms with van der Waals surface area (Å²) in [6.45, 7) is 6.91. The number of hydrogen-bond donors (Lipinski definition) is 3. The van der Waals surface area contributed by atoms with E-state index in [1.807, 2.05) is 38.1 Å². The molecule has 0 bridgehead atoms. The van der Waals surface area contributed by atoms with Gasteiger partial charge in [-0.2, -0.15) is 0 Å². The molecule has 1 aromatic carbocycles. The van der Waals surface area contributed by atoms with E-state index in [1.54, 1.807) is 0 Å². The van der Waals surface area contributed by atoms with E-state index in [0.29, 0.717) is 6.54 Å². The maximum Gasteiger partial charge on any atom is 0.119 e. The second kappa shape index (κ2) is 9.03. The first kappa shape index (κ1) is 18.0. The summed E-state index contributed by atoms with van der Waals surface area (Å²) >= 11 is 0. The minimum Gasteiger partial charge on any atom is -0.491 e. The first-order valence-electron chi connectivity index (χ1n) is 7.84. The number of aryl methyl sites for hydroxylation is 1. The molecule has 0 aliphatic rings. The van der Waals surface area contributed by atoms with E-state index in [2.05, 4.69) is 12.2 Å². The van der Waals surface area contributed by atoms with Crippen molar-refractivity contribution in [3.63, 3.8) is 0 Å². The Labute approximate surface area is 128 Å². The lowest BCUT2D eigenvalue weighted by atomic mass is 9.94. The number of hydrogen-bond acceptors (Lipinski definition) is 4. The number of nitrogens with one attached hydrogen (secondary N) is 1. The molecule has 4 nitrogen and oxygen atoms in total. The lowest BCUT2D eigenvalue weighted by Gasteiger charge is -2.32. The van der Waals surface area contributed by atoms with Crippen LogP contribution in [-0.4, -0.2) is 41.6 Å². The molecule has 0 aromatic heterocycles. The van der Waals surface area contributed by atoms with Crippen LogP contribution in [0.2, 0.25) is 0 Å². The molecule has 1 rings (SSSR count). The molecule has 0 aliphatic carbocycles. The third-order valence-electron chi connectivity index (χ3n) is 4.14. The summed E-state index contributed by atoms with van der Waals surface area (Å²) in [5, 5.41) is 22.7. The Hall–Kier alpha value is -1.10. The summed E-state index contributed by atoms with van der Waals surface area (Å²) < 4.78 is 5.58. The Balaban J connectivity index is 2.37. The normalized spacial score (nSPS) is 13.2. The van der Waals surface area contributed by atoms with Crippen LogP contribution in [0.4, 0.5) is 0 Å². The van der Waals surface area contributed by atoms with Crippen LogP contribution in [0.5, 0.6) is 5.75 Å². The van der Waals surface area contributed by atoms with Gasteiger partial charge in [-0.3, -0.25) is 0 Å². The highest BCUT2D eigenvalue weighted by atomic mass is 16.5. The van der Waals surface area contributed by atoms with Crippen molar-refractivity contribution in [1.29, 1.82) is 0 Å². The Morgan fingerprint density at radius 1 is 1.14 bits per heavy atom. The van der Waals surface area contributed by atoms with Crippen molar-refractivity contribution < 1.29 is 14.9 Å². The zero-order valence-corrected chi connectivity index (χ0v) is 13.4. The fourth-order valence-corrected chi connectivity index (χ4v) is 2.19. The van der Waals surface area contributed by atoms with Gasteiger partial charge in [0.05, 0.1) is 6.61 Å². The molecule has 4 heteroatoms. The fraction of sp³-hybridized carbons (Fsp3) is 0.647. The van der Waals surface area contributed by atoms with Gasteiger partial charge < -0.3 is 20.3 Å². The van der Waals surface area contributed by atoms with Gasteiger partial charge in [0.2, 0.25) is 0 Å². The minimum atomic E-state index is -0.597. The van der Waals surface area contributed by atoms with Crippen molar-refractivity contribution in [3.8, 4) is 5.75 Å². The van der Waals surface area contributed by atoms with Crippen molar-refractivity contribution in [2.45, 2.75) is 51.7 Å². The van der Waals surface area contributed by atoms with Crippen LogP contribution in [0.25, 0.3) is 0 Å². The molecule has 0 saturated carbocycles. The fourth-order valence-electron chi connectivity index (χ4n) is 2.19. The van der Waals surface area contributed by atoms with E-state index in [4.69, 9.17) is 4.74 Å². The molecule has 0 aliphatic heterocycles. The van der Waals surface area contributed by atoms with Gasteiger partial charge in [-0.1, -0.05) is 32.9 Å². The molecule has 1 atom stereocenters. The molecular formula is C17H29NO3. The van der Waals surface area contributed by atoms with Gasteiger partial charge in [0.15, 0.2) is 0 Å². The van der Waals surface area contributed by atoms with E-state index >= 15 is 0 Å². The highest BCUT2D eigenvalue weighted by Gasteiger charge is 2.25. The van der Waals surface area contributed by atoms with Gasteiger partial charge in [0.1, 0.15) is 18.5 Å². The minimum absolute atomic E-state index is 0.0755. The Morgan fingerprint density at radius 2 is 1.76 bits per heavy atom. The monoisotopic (exact) mass is 295 g/mol. The summed E-state index contributed by atoms with van der Waals surface area (Å²) in [5.41, 5.74) is 0.965. The van der Waals surface area contributed by atoms with Crippen molar-refractivity contribution in [2.24, 2.45) is 0 Å². The predicted octanol–water partition coefficient (Wildman–Crippen LogP) is 2.13. The van der Waals surface area contributed by atoms with E-state index in [9.17, 15) is 10.2 Å². The molecule has 0 spiro atoms. The molecule has 0 saturated heterocycles. The molecule has 0 amide bonds. The standard InChI is InChI=1S/C17H29NO3/c1-4-14-7-9-16(10-8-14)21-12-15(20)11-18-17(5-2,6-3)13-19/h7-10,15,18-20H,4-6,11-13H2,1-3H3. The van der Waals surface area contributed by atoms with Crippen LogP contribution >= 0.6 is 0 Å². The van der Waals surface area contributed by atoms with E-state index in [0.717, 1.165) is 25.0 Å². The van der Waals surface area contributed by atoms with Crippen LogP contribution in [-0.2, 0) is 6.42 Å². The molecule has 1 aromatic rings. The molecule has 1 unspecified atom stereocenters. The average Bonchev–Trinajstić information content (AvgIpc) is 2.55. The van der Waals surface area contributed by atoms with Crippen LogP contribution in [0, 0.1) is 0 Å². The smallest absolute Gasteiger partial charge is 0.119 e. The Kier molecular flexibility index (Phi) is 7.72. The van der Waals surface area contributed by atoms with Gasteiger partial charge >= 0.3 is 0 Å². The van der Waals surface area contributed by atoms with E-state index < -0.39 is 6.10 Å². The van der Waals surface area contributed by atoms with Crippen molar-refractivity contribution in [2.75, 3.05) is 19.8 Å². The average molecular weight is 295 g/mol. The maximum atomic E-state index is 9.99. The SMILES string of the molecule is CCc1ccc(OCC(O)CNC(CC)(CC)CO)cc1. The maximum absolute atomic E-state index is 9.99. The third kappa shape index (κ3) is 5.65. The third-order valence-corrected chi connectivity index (χ3v) is 4.14. The Morgan fingerprint density at radius 3 is 2.24 bits per heavy atom. The molecule has 0 radical (unpaired) electrons.